The molecule has 2 aromatic heterocycles. The first-order valence-electron chi connectivity index (χ1n) is 8.73. The Morgan fingerprint density at radius 1 is 1.15 bits per heavy atom. The molecule has 0 fully saturated rings. The van der Waals surface area contributed by atoms with E-state index in [1.54, 1.807) is 12.1 Å². The molecule has 0 spiro atoms. The zero-order valence-electron chi connectivity index (χ0n) is 15.5. The largest absolute Gasteiger partial charge is 0.451 e. The van der Waals surface area contributed by atoms with Crippen molar-refractivity contribution in [1.29, 1.82) is 0 Å². The van der Waals surface area contributed by atoms with Gasteiger partial charge in [0.05, 0.1) is 6.54 Å². The molecular weight excluding hydrogens is 384 g/mol. The number of hydrogen-bond acceptors (Lipinski definition) is 5. The maximum absolute atomic E-state index is 12.5. The number of hydrogen-bond donors (Lipinski definition) is 1. The highest BCUT2D eigenvalue weighted by molar-refractivity contribution is 7.91. The van der Waals surface area contributed by atoms with Gasteiger partial charge in [-0.25, -0.2) is 8.42 Å². The van der Waals surface area contributed by atoms with Gasteiger partial charge in [-0.05, 0) is 25.1 Å². The summed E-state index contributed by atoms with van der Waals surface area (Å²) in [4.78, 5) is 13.3. The Morgan fingerprint density at radius 2 is 1.85 bits per heavy atom. The van der Waals surface area contributed by atoms with Crippen molar-refractivity contribution in [3.05, 3.63) is 52.6 Å². The Kier molecular flexibility index (Phi) is 5.69. The van der Waals surface area contributed by atoms with E-state index in [2.05, 4.69) is 5.32 Å². The van der Waals surface area contributed by atoms with Crippen LogP contribution in [0, 0.1) is 6.92 Å². The molecule has 0 unspecified atom stereocenters. The lowest BCUT2D eigenvalue weighted by Crippen LogP contribution is -2.30. The first kappa shape index (κ1) is 19.6. The summed E-state index contributed by atoms with van der Waals surface area (Å²) < 4.78 is 32.5. The van der Waals surface area contributed by atoms with Gasteiger partial charge in [0.15, 0.2) is 5.76 Å². The minimum atomic E-state index is -3.47. The van der Waals surface area contributed by atoms with E-state index in [-0.39, 0.29) is 22.4 Å². The first-order valence-corrected chi connectivity index (χ1v) is 11.0. The molecule has 144 valence electrons. The number of benzene rings is 1. The third-order valence-electron chi connectivity index (χ3n) is 4.41. The average molecular weight is 407 g/mol. The van der Waals surface area contributed by atoms with E-state index in [0.717, 1.165) is 15.8 Å². The van der Waals surface area contributed by atoms with Crippen molar-refractivity contribution in [2.75, 3.05) is 13.1 Å². The van der Waals surface area contributed by atoms with Crippen LogP contribution in [0.25, 0.3) is 11.0 Å². The SMILES string of the molecule is CCN(CC)S(=O)(=O)c1ccc(CNC(=O)c2oc3ccccc3c2C)s1. The monoisotopic (exact) mass is 406 g/mol. The number of nitrogens with one attached hydrogen (secondary N) is 1. The summed E-state index contributed by atoms with van der Waals surface area (Å²) in [7, 11) is -3.47. The van der Waals surface area contributed by atoms with Crippen molar-refractivity contribution >= 4 is 38.2 Å². The quantitative estimate of drug-likeness (QED) is 0.648. The van der Waals surface area contributed by atoms with Gasteiger partial charge in [0.2, 0.25) is 0 Å². The molecule has 6 nitrogen and oxygen atoms in total. The molecule has 1 amide bonds. The fourth-order valence-corrected chi connectivity index (χ4v) is 5.83. The second-order valence-electron chi connectivity index (χ2n) is 6.05. The van der Waals surface area contributed by atoms with Crippen LogP contribution in [0.5, 0.6) is 0 Å². The molecule has 0 aliphatic heterocycles. The van der Waals surface area contributed by atoms with Gasteiger partial charge in [-0.2, -0.15) is 4.31 Å². The number of sulfonamides is 1. The maximum atomic E-state index is 12.5. The summed E-state index contributed by atoms with van der Waals surface area (Å²) in [5.41, 5.74) is 1.46. The Morgan fingerprint density at radius 3 is 2.52 bits per heavy atom. The topological polar surface area (TPSA) is 79.6 Å². The highest BCUT2D eigenvalue weighted by Crippen LogP contribution is 2.26. The predicted octanol–water partition coefficient (Wildman–Crippen LogP) is 3.76. The van der Waals surface area contributed by atoms with Crippen LogP contribution in [0.2, 0.25) is 0 Å². The molecule has 0 saturated carbocycles. The second-order valence-corrected chi connectivity index (χ2v) is 9.38. The number of para-hydroxylation sites is 1. The molecule has 0 atom stereocenters. The zero-order valence-corrected chi connectivity index (χ0v) is 17.1. The van der Waals surface area contributed by atoms with Crippen molar-refractivity contribution in [3.63, 3.8) is 0 Å². The number of amides is 1. The van der Waals surface area contributed by atoms with Crippen molar-refractivity contribution < 1.29 is 17.6 Å². The number of carbonyl (C=O) groups excluding carboxylic acids is 1. The lowest BCUT2D eigenvalue weighted by molar-refractivity contribution is 0.0925. The van der Waals surface area contributed by atoms with E-state index in [1.165, 1.54) is 15.6 Å². The minimum absolute atomic E-state index is 0.244. The van der Waals surface area contributed by atoms with Crippen molar-refractivity contribution in [2.24, 2.45) is 0 Å². The van der Waals surface area contributed by atoms with Crippen LogP contribution in [-0.2, 0) is 16.6 Å². The van der Waals surface area contributed by atoms with Gasteiger partial charge in [0.1, 0.15) is 9.79 Å². The summed E-state index contributed by atoms with van der Waals surface area (Å²) in [6.45, 7) is 6.56. The molecule has 0 aliphatic rings. The van der Waals surface area contributed by atoms with E-state index >= 15 is 0 Å². The molecule has 2 heterocycles. The Balaban J connectivity index is 1.73. The van der Waals surface area contributed by atoms with Gasteiger partial charge in [-0.1, -0.05) is 32.0 Å². The van der Waals surface area contributed by atoms with E-state index in [0.29, 0.717) is 18.7 Å². The molecule has 8 heteroatoms. The first-order chi connectivity index (χ1) is 12.9. The molecule has 0 radical (unpaired) electrons. The number of thiophene rings is 1. The van der Waals surface area contributed by atoms with E-state index in [1.807, 2.05) is 45.0 Å². The Bertz CT molecular complexity index is 1060. The third kappa shape index (κ3) is 3.78. The Hall–Kier alpha value is -2.16. The third-order valence-corrected chi connectivity index (χ3v) is 8.01. The fraction of sp³-hybridized carbons (Fsp3) is 0.316. The summed E-state index contributed by atoms with van der Waals surface area (Å²) in [5, 5.41) is 3.72. The molecule has 1 N–H and O–H groups in total. The molecular formula is C19H22N2O4S2. The number of aryl methyl sites for hydroxylation is 1. The highest BCUT2D eigenvalue weighted by atomic mass is 32.2. The number of carbonyl (C=O) groups is 1. The van der Waals surface area contributed by atoms with Crippen LogP contribution < -0.4 is 5.32 Å². The van der Waals surface area contributed by atoms with Crippen LogP contribution in [0.3, 0.4) is 0 Å². The molecule has 0 saturated heterocycles. The van der Waals surface area contributed by atoms with E-state index in [4.69, 9.17) is 4.42 Å². The minimum Gasteiger partial charge on any atom is -0.451 e. The molecule has 3 rings (SSSR count). The maximum Gasteiger partial charge on any atom is 0.287 e. The zero-order chi connectivity index (χ0) is 19.6. The average Bonchev–Trinajstić information content (AvgIpc) is 3.26. The normalized spacial score (nSPS) is 12.0. The van der Waals surface area contributed by atoms with Gasteiger partial charge >= 0.3 is 0 Å². The van der Waals surface area contributed by atoms with Gasteiger partial charge in [-0.3, -0.25) is 4.79 Å². The number of nitrogens with zero attached hydrogens (tertiary/aromatic N) is 1. The molecule has 1 aromatic carbocycles. The standard InChI is InChI=1S/C19H22N2O4S2/c1-4-21(5-2)27(23,24)17-11-10-14(26-17)12-20-19(22)18-13(3)15-8-6-7-9-16(15)25-18/h6-11H,4-5,12H2,1-3H3,(H,20,22). The van der Waals surface area contributed by atoms with Crippen molar-refractivity contribution in [3.8, 4) is 0 Å². The number of fused-ring (bicyclic) bond motifs is 1. The molecule has 0 aliphatic carbocycles. The van der Waals surface area contributed by atoms with Gasteiger partial charge in [0.25, 0.3) is 15.9 Å². The van der Waals surface area contributed by atoms with E-state index in [9.17, 15) is 13.2 Å². The summed E-state index contributed by atoms with van der Waals surface area (Å²) in [6.07, 6.45) is 0. The second kappa shape index (κ2) is 7.84. The van der Waals surface area contributed by atoms with E-state index < -0.39 is 10.0 Å². The predicted molar refractivity (Wildman–Crippen MR) is 107 cm³/mol. The van der Waals surface area contributed by atoms with Crippen LogP contribution in [0.4, 0.5) is 0 Å². The van der Waals surface area contributed by atoms with Crippen LogP contribution in [0.1, 0.15) is 34.8 Å². The van der Waals surface area contributed by atoms with Crippen LogP contribution in [-0.4, -0.2) is 31.7 Å². The summed E-state index contributed by atoms with van der Waals surface area (Å²) in [6, 6.07) is 10.8. The van der Waals surface area contributed by atoms with Crippen LogP contribution >= 0.6 is 11.3 Å². The highest BCUT2D eigenvalue weighted by Gasteiger charge is 2.24. The summed E-state index contributed by atoms with van der Waals surface area (Å²) in [5.74, 6) is -0.0333. The Labute approximate surface area is 162 Å². The lowest BCUT2D eigenvalue weighted by Gasteiger charge is -2.16. The van der Waals surface area contributed by atoms with Gasteiger partial charge in [-0.15, -0.1) is 11.3 Å². The number of furan rings is 1. The smallest absolute Gasteiger partial charge is 0.287 e. The number of rotatable bonds is 7. The lowest BCUT2D eigenvalue weighted by atomic mass is 10.1. The molecule has 0 bridgehead atoms. The molecule has 27 heavy (non-hydrogen) atoms. The van der Waals surface area contributed by atoms with Gasteiger partial charge in [0, 0.05) is 28.9 Å². The van der Waals surface area contributed by atoms with Crippen molar-refractivity contribution in [2.45, 2.75) is 31.5 Å². The molecule has 3 aromatic rings. The fourth-order valence-electron chi connectivity index (χ4n) is 2.92. The van der Waals surface area contributed by atoms with Gasteiger partial charge < -0.3 is 9.73 Å². The van der Waals surface area contributed by atoms with Crippen molar-refractivity contribution in [1.82, 2.24) is 9.62 Å². The summed E-state index contributed by atoms with van der Waals surface area (Å²) >= 11 is 1.17. The van der Waals surface area contributed by atoms with Crippen LogP contribution in [0.15, 0.2) is 45.0 Å².